The zero-order valence-corrected chi connectivity index (χ0v) is 13.4. The number of aromatic nitrogens is 3. The van der Waals surface area contributed by atoms with E-state index < -0.39 is 0 Å². The Hall–Kier alpha value is -1.84. The van der Waals surface area contributed by atoms with Crippen molar-refractivity contribution in [1.29, 1.82) is 0 Å². The van der Waals surface area contributed by atoms with Gasteiger partial charge < -0.3 is 4.74 Å². The molecule has 114 valence electrons. The Labute approximate surface area is 127 Å². The SMILES string of the molecule is CCC(C)c1ccc(OCc2ncnn2CC(C)C)cc1. The Balaban J connectivity index is 1.95. The smallest absolute Gasteiger partial charge is 0.164 e. The van der Waals surface area contributed by atoms with Crippen molar-refractivity contribution < 1.29 is 4.74 Å². The molecule has 21 heavy (non-hydrogen) atoms. The predicted octanol–water partition coefficient (Wildman–Crippen LogP) is 4.03. The molecule has 1 unspecified atom stereocenters. The second kappa shape index (κ2) is 7.25. The van der Waals surface area contributed by atoms with E-state index in [1.54, 1.807) is 6.33 Å². The maximum Gasteiger partial charge on any atom is 0.164 e. The molecular weight excluding hydrogens is 262 g/mol. The fourth-order valence-corrected chi connectivity index (χ4v) is 2.17. The molecule has 1 aromatic heterocycles. The summed E-state index contributed by atoms with van der Waals surface area (Å²) in [5, 5.41) is 4.24. The van der Waals surface area contributed by atoms with Crippen LogP contribution in [0.2, 0.25) is 0 Å². The van der Waals surface area contributed by atoms with Crippen molar-refractivity contribution >= 4 is 0 Å². The molecule has 0 aliphatic carbocycles. The van der Waals surface area contributed by atoms with Crippen LogP contribution >= 0.6 is 0 Å². The molecule has 1 atom stereocenters. The summed E-state index contributed by atoms with van der Waals surface area (Å²) in [7, 11) is 0. The maximum atomic E-state index is 5.82. The highest BCUT2D eigenvalue weighted by Crippen LogP contribution is 2.21. The molecule has 0 aliphatic heterocycles. The van der Waals surface area contributed by atoms with Crippen LogP contribution in [-0.4, -0.2) is 14.8 Å². The first-order valence-electron chi connectivity index (χ1n) is 7.69. The minimum Gasteiger partial charge on any atom is -0.486 e. The molecule has 0 saturated heterocycles. The average Bonchev–Trinajstić information content (AvgIpc) is 2.91. The zero-order chi connectivity index (χ0) is 15.2. The Morgan fingerprint density at radius 2 is 1.86 bits per heavy atom. The summed E-state index contributed by atoms with van der Waals surface area (Å²) in [5.74, 6) is 2.88. The fraction of sp³-hybridized carbons (Fsp3) is 0.529. The van der Waals surface area contributed by atoms with Crippen LogP contribution in [-0.2, 0) is 13.2 Å². The van der Waals surface area contributed by atoms with E-state index in [1.165, 1.54) is 5.56 Å². The van der Waals surface area contributed by atoms with Gasteiger partial charge in [0.25, 0.3) is 0 Å². The molecule has 0 N–H and O–H groups in total. The van der Waals surface area contributed by atoms with Crippen LogP contribution in [0.4, 0.5) is 0 Å². The van der Waals surface area contributed by atoms with Crippen LogP contribution in [0.3, 0.4) is 0 Å². The van der Waals surface area contributed by atoms with Crippen LogP contribution < -0.4 is 4.74 Å². The van der Waals surface area contributed by atoms with E-state index >= 15 is 0 Å². The Morgan fingerprint density at radius 3 is 2.48 bits per heavy atom. The summed E-state index contributed by atoms with van der Waals surface area (Å²) in [6, 6.07) is 8.35. The second-order valence-corrected chi connectivity index (χ2v) is 5.92. The normalized spacial score (nSPS) is 12.6. The summed E-state index contributed by atoms with van der Waals surface area (Å²) in [6.45, 7) is 10.1. The maximum absolute atomic E-state index is 5.82. The number of nitrogens with zero attached hydrogens (tertiary/aromatic N) is 3. The molecular formula is C17H25N3O. The standard InChI is InChI=1S/C17H25N3O/c1-5-14(4)15-6-8-16(9-7-15)21-11-17-18-12-19-20(17)10-13(2)3/h6-9,12-14H,5,10-11H2,1-4H3. The van der Waals surface area contributed by atoms with Gasteiger partial charge in [-0.2, -0.15) is 5.10 Å². The van der Waals surface area contributed by atoms with E-state index in [0.717, 1.165) is 24.5 Å². The monoisotopic (exact) mass is 287 g/mol. The first-order chi connectivity index (χ1) is 10.1. The molecule has 0 amide bonds. The molecule has 0 spiro atoms. The molecule has 2 rings (SSSR count). The molecule has 2 aromatic rings. The van der Waals surface area contributed by atoms with Crippen molar-refractivity contribution in [2.45, 2.75) is 53.2 Å². The molecule has 0 bridgehead atoms. The van der Waals surface area contributed by atoms with E-state index in [1.807, 2.05) is 16.8 Å². The molecule has 0 fully saturated rings. The van der Waals surface area contributed by atoms with Gasteiger partial charge in [0.05, 0.1) is 0 Å². The quantitative estimate of drug-likeness (QED) is 0.772. The van der Waals surface area contributed by atoms with Crippen LogP contribution in [0, 0.1) is 5.92 Å². The van der Waals surface area contributed by atoms with Crippen molar-refractivity contribution in [3.05, 3.63) is 42.0 Å². The lowest BCUT2D eigenvalue weighted by atomic mass is 9.99. The van der Waals surface area contributed by atoms with Gasteiger partial charge >= 0.3 is 0 Å². The fourth-order valence-electron chi connectivity index (χ4n) is 2.17. The van der Waals surface area contributed by atoms with Gasteiger partial charge in [-0.15, -0.1) is 0 Å². The van der Waals surface area contributed by atoms with E-state index in [9.17, 15) is 0 Å². The van der Waals surface area contributed by atoms with Gasteiger partial charge in [0.15, 0.2) is 5.82 Å². The van der Waals surface area contributed by atoms with Gasteiger partial charge in [0.2, 0.25) is 0 Å². The highest BCUT2D eigenvalue weighted by atomic mass is 16.5. The summed E-state index contributed by atoms with van der Waals surface area (Å²) < 4.78 is 7.73. The first-order valence-corrected chi connectivity index (χ1v) is 7.69. The van der Waals surface area contributed by atoms with Crippen LogP contribution in [0.1, 0.15) is 51.4 Å². The lowest BCUT2D eigenvalue weighted by molar-refractivity contribution is 0.282. The van der Waals surface area contributed by atoms with Gasteiger partial charge in [-0.25, -0.2) is 9.67 Å². The summed E-state index contributed by atoms with van der Waals surface area (Å²) in [5.41, 5.74) is 1.35. The third-order valence-electron chi connectivity index (χ3n) is 3.66. The van der Waals surface area contributed by atoms with Crippen LogP contribution in [0.15, 0.2) is 30.6 Å². The number of benzene rings is 1. The molecule has 0 aliphatic rings. The largest absolute Gasteiger partial charge is 0.486 e. The van der Waals surface area contributed by atoms with E-state index in [2.05, 4.69) is 49.9 Å². The van der Waals surface area contributed by atoms with Crippen molar-refractivity contribution in [2.24, 2.45) is 5.92 Å². The van der Waals surface area contributed by atoms with Crippen LogP contribution in [0.5, 0.6) is 5.75 Å². The Bertz CT molecular complexity index is 545. The van der Waals surface area contributed by atoms with E-state index in [4.69, 9.17) is 4.74 Å². The second-order valence-electron chi connectivity index (χ2n) is 5.92. The minimum atomic E-state index is 0.454. The van der Waals surface area contributed by atoms with Gasteiger partial charge in [-0.05, 0) is 36.0 Å². The molecule has 1 aromatic carbocycles. The molecule has 4 heteroatoms. The summed E-state index contributed by atoms with van der Waals surface area (Å²) in [6.07, 6.45) is 2.74. The van der Waals surface area contributed by atoms with Gasteiger partial charge in [-0.1, -0.05) is 39.8 Å². The number of hydrogen-bond donors (Lipinski definition) is 0. The van der Waals surface area contributed by atoms with Crippen molar-refractivity contribution in [3.8, 4) is 5.75 Å². The third-order valence-corrected chi connectivity index (χ3v) is 3.66. The van der Waals surface area contributed by atoms with Gasteiger partial charge in [-0.3, -0.25) is 0 Å². The Morgan fingerprint density at radius 1 is 1.14 bits per heavy atom. The lowest BCUT2D eigenvalue weighted by Crippen LogP contribution is -2.12. The molecule has 0 saturated carbocycles. The van der Waals surface area contributed by atoms with Crippen molar-refractivity contribution in [3.63, 3.8) is 0 Å². The number of rotatable bonds is 7. The third kappa shape index (κ3) is 4.31. The minimum absolute atomic E-state index is 0.454. The number of ether oxygens (including phenoxy) is 1. The predicted molar refractivity (Wildman–Crippen MR) is 84.3 cm³/mol. The molecule has 1 heterocycles. The van der Waals surface area contributed by atoms with E-state index in [0.29, 0.717) is 18.4 Å². The zero-order valence-electron chi connectivity index (χ0n) is 13.4. The highest BCUT2D eigenvalue weighted by Gasteiger charge is 2.07. The van der Waals surface area contributed by atoms with Crippen LogP contribution in [0.25, 0.3) is 0 Å². The molecule has 4 nitrogen and oxygen atoms in total. The van der Waals surface area contributed by atoms with E-state index in [-0.39, 0.29) is 0 Å². The topological polar surface area (TPSA) is 39.9 Å². The highest BCUT2D eigenvalue weighted by molar-refractivity contribution is 5.29. The van der Waals surface area contributed by atoms with Crippen molar-refractivity contribution in [1.82, 2.24) is 14.8 Å². The first kappa shape index (κ1) is 15.5. The van der Waals surface area contributed by atoms with Gasteiger partial charge in [0, 0.05) is 6.54 Å². The summed E-state index contributed by atoms with van der Waals surface area (Å²) in [4.78, 5) is 4.27. The Kier molecular flexibility index (Phi) is 5.37. The molecule has 0 radical (unpaired) electrons. The average molecular weight is 287 g/mol. The van der Waals surface area contributed by atoms with Gasteiger partial charge in [0.1, 0.15) is 18.7 Å². The van der Waals surface area contributed by atoms with Crippen molar-refractivity contribution in [2.75, 3.05) is 0 Å². The summed E-state index contributed by atoms with van der Waals surface area (Å²) >= 11 is 0. The number of hydrogen-bond acceptors (Lipinski definition) is 3. The lowest BCUT2D eigenvalue weighted by Gasteiger charge is -2.11.